The summed E-state index contributed by atoms with van der Waals surface area (Å²) in [7, 11) is 3.28. The van der Waals surface area contributed by atoms with Crippen molar-refractivity contribution < 1.29 is 9.47 Å². The van der Waals surface area contributed by atoms with Crippen LogP contribution < -0.4 is 14.8 Å². The van der Waals surface area contributed by atoms with E-state index in [0.717, 1.165) is 28.3 Å². The van der Waals surface area contributed by atoms with Gasteiger partial charge in [0, 0.05) is 22.3 Å². The number of nitrogens with zero attached hydrogens (tertiary/aromatic N) is 3. The summed E-state index contributed by atoms with van der Waals surface area (Å²) in [6, 6.07) is 13.2. The van der Waals surface area contributed by atoms with Gasteiger partial charge in [-0.25, -0.2) is 4.68 Å². The SMILES string of the molecule is COc1ccc([C@H]2C=C(c3ccc(Cl)cc3)Nc3ncnn32)c(OC)c1. The molecule has 6 nitrogen and oxygen atoms in total. The zero-order chi connectivity index (χ0) is 18.1. The average molecular weight is 369 g/mol. The van der Waals surface area contributed by atoms with Crippen molar-refractivity contribution in [2.24, 2.45) is 0 Å². The Balaban J connectivity index is 1.82. The predicted octanol–water partition coefficient (Wildman–Crippen LogP) is 4.00. The van der Waals surface area contributed by atoms with E-state index in [2.05, 4.69) is 21.5 Å². The molecule has 1 N–H and O–H groups in total. The quantitative estimate of drug-likeness (QED) is 0.754. The van der Waals surface area contributed by atoms with Gasteiger partial charge in [0.25, 0.3) is 0 Å². The number of methoxy groups -OCH3 is 2. The summed E-state index contributed by atoms with van der Waals surface area (Å²) in [5, 5.41) is 8.38. The van der Waals surface area contributed by atoms with Crippen molar-refractivity contribution in [3.05, 3.63) is 71.0 Å². The second-order valence-electron chi connectivity index (χ2n) is 5.79. The topological polar surface area (TPSA) is 61.2 Å². The van der Waals surface area contributed by atoms with Crippen molar-refractivity contribution in [2.75, 3.05) is 19.5 Å². The Bertz CT molecular complexity index is 966. The van der Waals surface area contributed by atoms with Crippen LogP contribution in [-0.2, 0) is 0 Å². The minimum Gasteiger partial charge on any atom is -0.497 e. The van der Waals surface area contributed by atoms with Gasteiger partial charge in [-0.15, -0.1) is 0 Å². The molecule has 0 fully saturated rings. The second kappa shape index (κ2) is 6.72. The molecule has 2 aromatic carbocycles. The number of aromatic nitrogens is 3. The molecule has 0 saturated heterocycles. The first-order valence-corrected chi connectivity index (χ1v) is 8.43. The van der Waals surface area contributed by atoms with E-state index in [0.29, 0.717) is 11.0 Å². The van der Waals surface area contributed by atoms with Crippen LogP contribution in [0.5, 0.6) is 11.5 Å². The molecule has 0 amide bonds. The van der Waals surface area contributed by atoms with E-state index in [4.69, 9.17) is 21.1 Å². The van der Waals surface area contributed by atoms with E-state index in [1.165, 1.54) is 6.33 Å². The summed E-state index contributed by atoms with van der Waals surface area (Å²) < 4.78 is 12.7. The number of nitrogens with one attached hydrogen (secondary N) is 1. The Labute approximate surface area is 156 Å². The summed E-state index contributed by atoms with van der Waals surface area (Å²) in [5.41, 5.74) is 2.92. The molecular weight excluding hydrogens is 352 g/mol. The van der Waals surface area contributed by atoms with Gasteiger partial charge in [0.1, 0.15) is 23.9 Å². The van der Waals surface area contributed by atoms with Gasteiger partial charge in [-0.2, -0.15) is 10.1 Å². The highest BCUT2D eigenvalue weighted by molar-refractivity contribution is 6.30. The van der Waals surface area contributed by atoms with Gasteiger partial charge >= 0.3 is 0 Å². The largest absolute Gasteiger partial charge is 0.497 e. The van der Waals surface area contributed by atoms with Crippen LogP contribution in [0.1, 0.15) is 17.2 Å². The van der Waals surface area contributed by atoms with Crippen LogP contribution in [0.15, 0.2) is 54.9 Å². The first kappa shape index (κ1) is 16.5. The van der Waals surface area contributed by atoms with Gasteiger partial charge in [0.05, 0.1) is 14.2 Å². The Morgan fingerprint density at radius 3 is 2.62 bits per heavy atom. The highest BCUT2D eigenvalue weighted by Crippen LogP contribution is 2.37. The smallest absolute Gasteiger partial charge is 0.226 e. The van der Waals surface area contributed by atoms with E-state index in [1.807, 2.05) is 47.1 Å². The van der Waals surface area contributed by atoms with E-state index >= 15 is 0 Å². The maximum absolute atomic E-state index is 6.01. The maximum atomic E-state index is 6.01. The normalized spacial score (nSPS) is 15.7. The van der Waals surface area contributed by atoms with Gasteiger partial charge in [-0.3, -0.25) is 0 Å². The number of rotatable bonds is 4. The number of ether oxygens (including phenoxy) is 2. The van der Waals surface area contributed by atoms with Crippen LogP contribution >= 0.6 is 11.6 Å². The minimum atomic E-state index is -0.166. The van der Waals surface area contributed by atoms with Crippen molar-refractivity contribution in [3.8, 4) is 11.5 Å². The van der Waals surface area contributed by atoms with Crippen molar-refractivity contribution >= 4 is 23.2 Å². The van der Waals surface area contributed by atoms with Gasteiger partial charge in [0.2, 0.25) is 5.95 Å². The van der Waals surface area contributed by atoms with E-state index in [1.54, 1.807) is 14.2 Å². The lowest BCUT2D eigenvalue weighted by Crippen LogP contribution is -2.20. The molecule has 1 aromatic heterocycles. The van der Waals surface area contributed by atoms with Gasteiger partial charge in [-0.05, 0) is 35.9 Å². The molecule has 26 heavy (non-hydrogen) atoms. The third-order valence-electron chi connectivity index (χ3n) is 4.32. The monoisotopic (exact) mass is 368 g/mol. The van der Waals surface area contributed by atoms with Crippen LogP contribution in [0.4, 0.5) is 5.95 Å². The molecule has 0 aliphatic carbocycles. The second-order valence-corrected chi connectivity index (χ2v) is 6.23. The van der Waals surface area contributed by atoms with Crippen LogP contribution in [0.3, 0.4) is 0 Å². The molecule has 3 aromatic rings. The first-order valence-electron chi connectivity index (χ1n) is 8.06. The van der Waals surface area contributed by atoms with E-state index < -0.39 is 0 Å². The Kier molecular flexibility index (Phi) is 4.26. The summed E-state index contributed by atoms with van der Waals surface area (Å²) in [4.78, 5) is 4.32. The molecule has 0 saturated carbocycles. The van der Waals surface area contributed by atoms with Crippen LogP contribution in [-0.4, -0.2) is 29.0 Å². The lowest BCUT2D eigenvalue weighted by molar-refractivity contribution is 0.387. The lowest BCUT2D eigenvalue weighted by atomic mass is 10.0. The molecule has 2 heterocycles. The Hall–Kier alpha value is -2.99. The zero-order valence-corrected chi connectivity index (χ0v) is 15.1. The maximum Gasteiger partial charge on any atom is 0.226 e. The minimum absolute atomic E-state index is 0.166. The van der Waals surface area contributed by atoms with Gasteiger partial charge in [-0.1, -0.05) is 23.7 Å². The van der Waals surface area contributed by atoms with Crippen molar-refractivity contribution in [2.45, 2.75) is 6.04 Å². The Morgan fingerprint density at radius 1 is 1.08 bits per heavy atom. The summed E-state index contributed by atoms with van der Waals surface area (Å²) in [5.74, 6) is 2.13. The summed E-state index contributed by atoms with van der Waals surface area (Å²) >= 11 is 6.01. The van der Waals surface area contributed by atoms with Crippen molar-refractivity contribution in [1.29, 1.82) is 0 Å². The summed E-state index contributed by atoms with van der Waals surface area (Å²) in [6.07, 6.45) is 3.62. The highest BCUT2D eigenvalue weighted by Gasteiger charge is 2.26. The standard InChI is InChI=1S/C19H17ClN4O2/c1-25-14-7-8-15(18(9-14)26-2)17-10-16(12-3-5-13(20)6-4-12)23-19-21-11-22-24(17)19/h3-11,17H,1-2H3,(H,21,22,23)/t17-/m1/s1. The summed E-state index contributed by atoms with van der Waals surface area (Å²) in [6.45, 7) is 0. The van der Waals surface area contributed by atoms with Gasteiger partial charge in [0.15, 0.2) is 0 Å². The molecule has 7 heteroatoms. The number of halogens is 1. The number of anilines is 1. The molecule has 132 valence electrons. The van der Waals surface area contributed by atoms with E-state index in [9.17, 15) is 0 Å². The lowest BCUT2D eigenvalue weighted by Gasteiger charge is -2.25. The first-order chi connectivity index (χ1) is 12.7. The predicted molar refractivity (Wildman–Crippen MR) is 101 cm³/mol. The number of fused-ring (bicyclic) bond motifs is 1. The third kappa shape index (κ3) is 2.88. The number of benzene rings is 2. The highest BCUT2D eigenvalue weighted by atomic mass is 35.5. The molecule has 0 unspecified atom stereocenters. The number of allylic oxidation sites excluding steroid dienone is 1. The van der Waals surface area contributed by atoms with Crippen LogP contribution in [0, 0.1) is 0 Å². The average Bonchev–Trinajstić information content (AvgIpc) is 3.16. The van der Waals surface area contributed by atoms with Crippen molar-refractivity contribution in [1.82, 2.24) is 14.8 Å². The van der Waals surface area contributed by atoms with Crippen molar-refractivity contribution in [3.63, 3.8) is 0 Å². The fourth-order valence-electron chi connectivity index (χ4n) is 3.02. The molecule has 0 radical (unpaired) electrons. The molecule has 1 aliphatic rings. The molecule has 0 spiro atoms. The van der Waals surface area contributed by atoms with E-state index in [-0.39, 0.29) is 6.04 Å². The molecule has 0 bridgehead atoms. The number of hydrogen-bond donors (Lipinski definition) is 1. The molecule has 1 aliphatic heterocycles. The fourth-order valence-corrected chi connectivity index (χ4v) is 3.14. The fraction of sp³-hybridized carbons (Fsp3) is 0.158. The zero-order valence-electron chi connectivity index (χ0n) is 14.3. The molecule has 1 atom stereocenters. The van der Waals surface area contributed by atoms with Crippen LogP contribution in [0.2, 0.25) is 5.02 Å². The number of hydrogen-bond acceptors (Lipinski definition) is 5. The molecular formula is C19H17ClN4O2. The Morgan fingerprint density at radius 2 is 1.88 bits per heavy atom. The van der Waals surface area contributed by atoms with Gasteiger partial charge < -0.3 is 14.8 Å². The molecule has 4 rings (SSSR count). The third-order valence-corrected chi connectivity index (χ3v) is 4.57. The van der Waals surface area contributed by atoms with Crippen LogP contribution in [0.25, 0.3) is 5.70 Å².